The van der Waals surface area contributed by atoms with Gasteiger partial charge in [0.15, 0.2) is 0 Å². The number of ether oxygens (including phenoxy) is 1. The lowest BCUT2D eigenvalue weighted by Crippen LogP contribution is -2.50. The Balaban J connectivity index is 1.72. The Hall–Kier alpha value is -0.560. The number of amides is 1. The van der Waals surface area contributed by atoms with Crippen molar-refractivity contribution in [3.05, 3.63) is 34.3 Å². The van der Waals surface area contributed by atoms with Gasteiger partial charge < -0.3 is 9.64 Å². The fraction of sp³-hybridized carbons (Fsp3) is 0.588. The number of thioether (sulfide) groups is 1. The summed E-state index contributed by atoms with van der Waals surface area (Å²) in [6.45, 7) is 5.37. The molecule has 4 nitrogen and oxygen atoms in total. The number of carbonyl (C=O) groups is 1. The van der Waals surface area contributed by atoms with Gasteiger partial charge in [-0.15, -0.1) is 0 Å². The zero-order chi connectivity index (χ0) is 16.1. The standard InChI is InChI=1S/C17H23BrN2O2S/c18-15-4-2-14(3-5-15)17(21)20-6-1-11-23-13-16(20)12-19-7-9-22-10-8-19/h2-5,16H,1,6-13H2. The third kappa shape index (κ3) is 4.72. The lowest BCUT2D eigenvalue weighted by Gasteiger charge is -2.35. The van der Waals surface area contributed by atoms with Crippen molar-refractivity contribution in [3.63, 3.8) is 0 Å². The van der Waals surface area contributed by atoms with Crippen LogP contribution in [0.3, 0.4) is 0 Å². The zero-order valence-electron chi connectivity index (χ0n) is 13.2. The highest BCUT2D eigenvalue weighted by Gasteiger charge is 2.28. The molecule has 3 rings (SSSR count). The fourth-order valence-corrected chi connectivity index (χ4v) is 4.41. The summed E-state index contributed by atoms with van der Waals surface area (Å²) in [5.41, 5.74) is 0.784. The molecule has 23 heavy (non-hydrogen) atoms. The third-order valence-corrected chi connectivity index (χ3v) is 6.09. The minimum Gasteiger partial charge on any atom is -0.379 e. The van der Waals surface area contributed by atoms with Gasteiger partial charge in [0.05, 0.1) is 19.3 Å². The highest BCUT2D eigenvalue weighted by molar-refractivity contribution is 9.10. The van der Waals surface area contributed by atoms with E-state index >= 15 is 0 Å². The smallest absolute Gasteiger partial charge is 0.254 e. The van der Waals surface area contributed by atoms with E-state index in [1.54, 1.807) is 0 Å². The van der Waals surface area contributed by atoms with E-state index in [9.17, 15) is 4.79 Å². The van der Waals surface area contributed by atoms with Gasteiger partial charge in [-0.05, 0) is 36.4 Å². The first-order valence-corrected chi connectivity index (χ1v) is 10.1. The predicted molar refractivity (Wildman–Crippen MR) is 98.2 cm³/mol. The van der Waals surface area contributed by atoms with Crippen LogP contribution in [0.2, 0.25) is 0 Å². The highest BCUT2D eigenvalue weighted by atomic mass is 79.9. The van der Waals surface area contributed by atoms with Gasteiger partial charge in [-0.1, -0.05) is 15.9 Å². The molecular weight excluding hydrogens is 376 g/mol. The molecule has 0 aliphatic carbocycles. The zero-order valence-corrected chi connectivity index (χ0v) is 15.7. The van der Waals surface area contributed by atoms with Crippen molar-refractivity contribution in [2.75, 3.05) is 50.9 Å². The second kappa shape index (κ2) is 8.51. The molecule has 126 valence electrons. The van der Waals surface area contributed by atoms with Gasteiger partial charge >= 0.3 is 0 Å². The van der Waals surface area contributed by atoms with E-state index in [0.29, 0.717) is 0 Å². The van der Waals surface area contributed by atoms with Crippen LogP contribution < -0.4 is 0 Å². The van der Waals surface area contributed by atoms with Crippen molar-refractivity contribution in [3.8, 4) is 0 Å². The lowest BCUT2D eigenvalue weighted by molar-refractivity contribution is 0.0245. The number of nitrogens with zero attached hydrogens (tertiary/aromatic N) is 2. The number of hydrogen-bond donors (Lipinski definition) is 0. The van der Waals surface area contributed by atoms with E-state index in [-0.39, 0.29) is 11.9 Å². The van der Waals surface area contributed by atoms with Crippen molar-refractivity contribution < 1.29 is 9.53 Å². The van der Waals surface area contributed by atoms with Crippen molar-refractivity contribution >= 4 is 33.6 Å². The van der Waals surface area contributed by atoms with Crippen molar-refractivity contribution in [1.82, 2.24) is 9.80 Å². The quantitative estimate of drug-likeness (QED) is 0.783. The number of carbonyl (C=O) groups excluding carboxylic acids is 1. The lowest BCUT2D eigenvalue weighted by atomic mass is 10.1. The number of benzene rings is 1. The Morgan fingerprint density at radius 1 is 1.22 bits per heavy atom. The predicted octanol–water partition coefficient (Wildman–Crippen LogP) is 2.73. The van der Waals surface area contributed by atoms with Crippen LogP contribution >= 0.6 is 27.7 Å². The molecule has 2 saturated heterocycles. The summed E-state index contributed by atoms with van der Waals surface area (Å²) >= 11 is 5.41. The van der Waals surface area contributed by atoms with Crippen LogP contribution in [0.1, 0.15) is 16.8 Å². The van der Waals surface area contributed by atoms with Crippen LogP contribution in [0, 0.1) is 0 Å². The Labute approximate surface area is 150 Å². The summed E-state index contributed by atoms with van der Waals surface area (Å²) < 4.78 is 6.44. The van der Waals surface area contributed by atoms with Crippen molar-refractivity contribution in [2.45, 2.75) is 12.5 Å². The third-order valence-electron chi connectivity index (χ3n) is 4.36. The maximum absolute atomic E-state index is 13.0. The summed E-state index contributed by atoms with van der Waals surface area (Å²) in [5, 5.41) is 0. The molecule has 1 unspecified atom stereocenters. The number of hydrogen-bond acceptors (Lipinski definition) is 4. The van der Waals surface area contributed by atoms with Gasteiger partial charge in [0.2, 0.25) is 0 Å². The second-order valence-corrected chi connectivity index (χ2v) is 8.07. The summed E-state index contributed by atoms with van der Waals surface area (Å²) in [5.74, 6) is 2.34. The molecule has 1 aromatic rings. The van der Waals surface area contributed by atoms with Gasteiger partial charge in [-0.25, -0.2) is 0 Å². The van der Waals surface area contributed by atoms with Crippen LogP contribution in [0.25, 0.3) is 0 Å². The molecule has 0 spiro atoms. The molecule has 1 amide bonds. The molecule has 6 heteroatoms. The SMILES string of the molecule is O=C(c1ccc(Br)cc1)N1CCCSCC1CN1CCOCC1. The van der Waals surface area contributed by atoms with Crippen LogP contribution in [0.4, 0.5) is 0 Å². The topological polar surface area (TPSA) is 32.8 Å². The molecule has 2 fully saturated rings. The molecule has 0 bridgehead atoms. The Morgan fingerprint density at radius 3 is 2.70 bits per heavy atom. The average molecular weight is 399 g/mol. The molecule has 1 atom stereocenters. The summed E-state index contributed by atoms with van der Waals surface area (Å²) in [6, 6.07) is 8.00. The highest BCUT2D eigenvalue weighted by Crippen LogP contribution is 2.21. The van der Waals surface area contributed by atoms with Gasteiger partial charge in [0.1, 0.15) is 0 Å². The molecule has 0 N–H and O–H groups in total. The van der Waals surface area contributed by atoms with E-state index < -0.39 is 0 Å². The molecule has 0 aromatic heterocycles. The molecule has 1 aromatic carbocycles. The number of halogens is 1. The molecule has 2 heterocycles. The van der Waals surface area contributed by atoms with Crippen molar-refractivity contribution in [1.29, 1.82) is 0 Å². The molecule has 0 saturated carbocycles. The van der Waals surface area contributed by atoms with Crippen LogP contribution in [-0.2, 0) is 4.74 Å². The first-order chi connectivity index (χ1) is 11.2. The first kappa shape index (κ1) is 17.3. The summed E-state index contributed by atoms with van der Waals surface area (Å²) in [7, 11) is 0. The van der Waals surface area contributed by atoms with E-state index in [2.05, 4.69) is 25.7 Å². The van der Waals surface area contributed by atoms with Gasteiger partial charge in [0, 0.05) is 42.0 Å². The second-order valence-electron chi connectivity index (χ2n) is 6.00. The minimum absolute atomic E-state index is 0.165. The van der Waals surface area contributed by atoms with Gasteiger partial charge in [0.25, 0.3) is 5.91 Å². The van der Waals surface area contributed by atoms with Gasteiger partial charge in [-0.2, -0.15) is 11.8 Å². The van der Waals surface area contributed by atoms with Crippen LogP contribution in [0.5, 0.6) is 0 Å². The summed E-state index contributed by atoms with van der Waals surface area (Å²) in [6.07, 6.45) is 1.08. The van der Waals surface area contributed by atoms with E-state index in [1.807, 2.05) is 36.0 Å². The van der Waals surface area contributed by atoms with Gasteiger partial charge in [-0.3, -0.25) is 9.69 Å². The monoisotopic (exact) mass is 398 g/mol. The first-order valence-electron chi connectivity index (χ1n) is 8.18. The maximum atomic E-state index is 13.0. The fourth-order valence-electron chi connectivity index (χ4n) is 3.09. The average Bonchev–Trinajstić information content (AvgIpc) is 2.81. The molecular formula is C17H23BrN2O2S. The number of morpholine rings is 1. The molecule has 0 radical (unpaired) electrons. The Morgan fingerprint density at radius 2 is 1.96 bits per heavy atom. The van der Waals surface area contributed by atoms with Crippen molar-refractivity contribution in [2.24, 2.45) is 0 Å². The summed E-state index contributed by atoms with van der Waals surface area (Å²) in [4.78, 5) is 17.5. The Kier molecular flexibility index (Phi) is 6.39. The molecule has 2 aliphatic rings. The van der Waals surface area contributed by atoms with E-state index in [0.717, 1.165) is 67.4 Å². The number of rotatable bonds is 3. The largest absolute Gasteiger partial charge is 0.379 e. The normalized spacial score (nSPS) is 23.5. The minimum atomic E-state index is 0.165. The van der Waals surface area contributed by atoms with E-state index in [4.69, 9.17) is 4.74 Å². The van der Waals surface area contributed by atoms with Crippen LogP contribution in [0.15, 0.2) is 28.7 Å². The van der Waals surface area contributed by atoms with Crippen LogP contribution in [-0.4, -0.2) is 72.6 Å². The maximum Gasteiger partial charge on any atom is 0.254 e. The Bertz CT molecular complexity index is 520. The van der Waals surface area contributed by atoms with E-state index in [1.165, 1.54) is 0 Å². The molecule has 2 aliphatic heterocycles.